The van der Waals surface area contributed by atoms with Crippen molar-refractivity contribution in [3.05, 3.63) is 95.8 Å². The van der Waals surface area contributed by atoms with Gasteiger partial charge in [-0.3, -0.25) is 9.78 Å². The van der Waals surface area contributed by atoms with Crippen LogP contribution in [0.2, 0.25) is 0 Å². The zero-order valence-corrected chi connectivity index (χ0v) is 19.1. The molecule has 1 aromatic heterocycles. The average Bonchev–Trinajstić information content (AvgIpc) is 3.37. The predicted molar refractivity (Wildman–Crippen MR) is 129 cm³/mol. The molecule has 2 heterocycles. The third-order valence-electron chi connectivity index (χ3n) is 6.19. The molecule has 0 unspecified atom stereocenters. The van der Waals surface area contributed by atoms with Crippen LogP contribution in [0.4, 0.5) is 0 Å². The lowest BCUT2D eigenvalue weighted by Crippen LogP contribution is -2.30. The molecule has 0 saturated heterocycles. The SMILES string of the molecule is O=C(c1ccc2c(c1)OCO2)N(Cc1ccncc1)Cc1ccc(OC[C@@H]2CC=CCC2)cc1. The molecule has 0 N–H and O–H groups in total. The van der Waals surface area contributed by atoms with Gasteiger partial charge in [0, 0.05) is 31.0 Å². The van der Waals surface area contributed by atoms with Gasteiger partial charge in [0.25, 0.3) is 5.91 Å². The molecular formula is C28H28N2O4. The Morgan fingerprint density at radius 1 is 0.941 bits per heavy atom. The summed E-state index contributed by atoms with van der Waals surface area (Å²) in [5.41, 5.74) is 2.63. The topological polar surface area (TPSA) is 60.9 Å². The lowest BCUT2D eigenvalue weighted by molar-refractivity contribution is 0.0729. The van der Waals surface area contributed by atoms with Crippen LogP contribution >= 0.6 is 0 Å². The van der Waals surface area contributed by atoms with Gasteiger partial charge in [0.05, 0.1) is 6.61 Å². The van der Waals surface area contributed by atoms with Crippen LogP contribution in [-0.2, 0) is 13.1 Å². The highest BCUT2D eigenvalue weighted by Crippen LogP contribution is 2.33. The van der Waals surface area contributed by atoms with Gasteiger partial charge in [-0.1, -0.05) is 24.3 Å². The number of hydrogen-bond donors (Lipinski definition) is 0. The lowest BCUT2D eigenvalue weighted by atomic mass is 9.95. The lowest BCUT2D eigenvalue weighted by Gasteiger charge is -2.23. The van der Waals surface area contributed by atoms with E-state index in [1.165, 1.54) is 6.42 Å². The van der Waals surface area contributed by atoms with Crippen molar-refractivity contribution < 1.29 is 19.0 Å². The van der Waals surface area contributed by atoms with E-state index in [9.17, 15) is 4.79 Å². The van der Waals surface area contributed by atoms with Crippen LogP contribution in [0.5, 0.6) is 17.2 Å². The van der Waals surface area contributed by atoms with Crippen molar-refractivity contribution >= 4 is 5.91 Å². The van der Waals surface area contributed by atoms with E-state index in [1.54, 1.807) is 30.6 Å². The highest BCUT2D eigenvalue weighted by molar-refractivity contribution is 5.95. The number of carbonyl (C=O) groups excluding carboxylic acids is 1. The summed E-state index contributed by atoms with van der Waals surface area (Å²) < 4.78 is 16.9. The second-order valence-corrected chi connectivity index (χ2v) is 8.69. The smallest absolute Gasteiger partial charge is 0.254 e. The molecule has 0 bridgehead atoms. The maximum absolute atomic E-state index is 13.5. The number of hydrogen-bond acceptors (Lipinski definition) is 5. The molecule has 1 aliphatic heterocycles. The van der Waals surface area contributed by atoms with Gasteiger partial charge in [0.15, 0.2) is 11.5 Å². The minimum atomic E-state index is -0.0687. The summed E-state index contributed by atoms with van der Waals surface area (Å²) in [6.07, 6.45) is 11.4. The van der Waals surface area contributed by atoms with Crippen molar-refractivity contribution in [3.63, 3.8) is 0 Å². The molecule has 0 fully saturated rings. The predicted octanol–water partition coefficient (Wildman–Crippen LogP) is 5.39. The van der Waals surface area contributed by atoms with Crippen LogP contribution in [0.15, 0.2) is 79.1 Å². The van der Waals surface area contributed by atoms with Crippen molar-refractivity contribution in [1.29, 1.82) is 0 Å². The van der Waals surface area contributed by atoms with E-state index in [0.717, 1.165) is 36.3 Å². The first-order valence-corrected chi connectivity index (χ1v) is 11.7. The fourth-order valence-corrected chi connectivity index (χ4v) is 4.25. The Morgan fingerprint density at radius 2 is 1.71 bits per heavy atom. The van der Waals surface area contributed by atoms with E-state index in [4.69, 9.17) is 14.2 Å². The third-order valence-corrected chi connectivity index (χ3v) is 6.19. The minimum absolute atomic E-state index is 0.0687. The molecule has 6 heteroatoms. The number of allylic oxidation sites excluding steroid dienone is 2. The average molecular weight is 457 g/mol. The maximum atomic E-state index is 13.5. The van der Waals surface area contributed by atoms with Gasteiger partial charge in [-0.25, -0.2) is 0 Å². The number of pyridine rings is 1. The largest absolute Gasteiger partial charge is 0.493 e. The molecule has 1 amide bonds. The van der Waals surface area contributed by atoms with Crippen molar-refractivity contribution in [2.45, 2.75) is 32.4 Å². The second-order valence-electron chi connectivity index (χ2n) is 8.69. The molecule has 1 aliphatic carbocycles. The van der Waals surface area contributed by atoms with E-state index < -0.39 is 0 Å². The van der Waals surface area contributed by atoms with Crippen LogP contribution in [0.25, 0.3) is 0 Å². The fourth-order valence-electron chi connectivity index (χ4n) is 4.25. The number of aromatic nitrogens is 1. The third kappa shape index (κ3) is 5.39. The summed E-state index contributed by atoms with van der Waals surface area (Å²) in [5, 5.41) is 0. The van der Waals surface area contributed by atoms with Crippen LogP contribution in [-0.4, -0.2) is 29.2 Å². The Kier molecular flexibility index (Phi) is 6.75. The minimum Gasteiger partial charge on any atom is -0.493 e. The van der Waals surface area contributed by atoms with E-state index in [2.05, 4.69) is 17.1 Å². The molecule has 3 aromatic rings. The first-order valence-electron chi connectivity index (χ1n) is 11.7. The first kappa shape index (κ1) is 22.0. The quantitative estimate of drug-likeness (QED) is 0.426. The summed E-state index contributed by atoms with van der Waals surface area (Å²) in [6, 6.07) is 17.2. The summed E-state index contributed by atoms with van der Waals surface area (Å²) in [6.45, 7) is 1.87. The number of amides is 1. The monoisotopic (exact) mass is 456 g/mol. The van der Waals surface area contributed by atoms with Crippen LogP contribution < -0.4 is 14.2 Å². The molecule has 0 radical (unpaired) electrons. The van der Waals surface area contributed by atoms with Crippen LogP contribution in [0.1, 0.15) is 40.7 Å². The molecule has 0 saturated carbocycles. The Morgan fingerprint density at radius 3 is 2.47 bits per heavy atom. The van der Waals surface area contributed by atoms with E-state index in [1.807, 2.05) is 41.3 Å². The van der Waals surface area contributed by atoms with Crippen LogP contribution in [0, 0.1) is 5.92 Å². The maximum Gasteiger partial charge on any atom is 0.254 e. The van der Waals surface area contributed by atoms with Gasteiger partial charge < -0.3 is 19.1 Å². The van der Waals surface area contributed by atoms with Gasteiger partial charge in [-0.2, -0.15) is 0 Å². The van der Waals surface area contributed by atoms with Gasteiger partial charge in [0.1, 0.15) is 5.75 Å². The highest BCUT2D eigenvalue weighted by atomic mass is 16.7. The Balaban J connectivity index is 1.29. The molecule has 0 spiro atoms. The van der Waals surface area contributed by atoms with Crippen LogP contribution in [0.3, 0.4) is 0 Å². The normalized spacial score (nSPS) is 16.3. The Labute approximate surface area is 199 Å². The molecule has 5 rings (SSSR count). The van der Waals surface area contributed by atoms with Crippen molar-refractivity contribution in [2.24, 2.45) is 5.92 Å². The molecule has 2 aromatic carbocycles. The zero-order valence-electron chi connectivity index (χ0n) is 19.1. The number of benzene rings is 2. The number of carbonyl (C=O) groups is 1. The molecule has 1 atom stereocenters. The number of rotatable bonds is 8. The van der Waals surface area contributed by atoms with E-state index >= 15 is 0 Å². The van der Waals surface area contributed by atoms with Gasteiger partial charge in [-0.05, 0) is 78.8 Å². The Bertz CT molecular complexity index is 1140. The molecule has 34 heavy (non-hydrogen) atoms. The fraction of sp³-hybridized carbons (Fsp3) is 0.286. The summed E-state index contributed by atoms with van der Waals surface area (Å²) in [5.74, 6) is 2.64. The van der Waals surface area contributed by atoms with Crippen molar-refractivity contribution in [1.82, 2.24) is 9.88 Å². The van der Waals surface area contributed by atoms with E-state index in [-0.39, 0.29) is 12.7 Å². The number of ether oxygens (including phenoxy) is 3. The Hall–Kier alpha value is -3.80. The molecule has 2 aliphatic rings. The molecule has 6 nitrogen and oxygen atoms in total. The van der Waals surface area contributed by atoms with Gasteiger partial charge in [0.2, 0.25) is 6.79 Å². The van der Waals surface area contributed by atoms with E-state index in [0.29, 0.717) is 36.1 Å². The summed E-state index contributed by atoms with van der Waals surface area (Å²) >= 11 is 0. The first-order chi connectivity index (χ1) is 16.7. The zero-order chi connectivity index (χ0) is 23.2. The van der Waals surface area contributed by atoms with Crippen molar-refractivity contribution in [2.75, 3.05) is 13.4 Å². The summed E-state index contributed by atoms with van der Waals surface area (Å²) in [7, 11) is 0. The van der Waals surface area contributed by atoms with Crippen molar-refractivity contribution in [3.8, 4) is 17.2 Å². The molecule has 174 valence electrons. The van der Waals surface area contributed by atoms with Gasteiger partial charge in [-0.15, -0.1) is 0 Å². The second kappa shape index (κ2) is 10.4. The van der Waals surface area contributed by atoms with Gasteiger partial charge >= 0.3 is 0 Å². The molecular weight excluding hydrogens is 428 g/mol. The number of nitrogens with zero attached hydrogens (tertiary/aromatic N) is 2. The number of fused-ring (bicyclic) bond motifs is 1. The highest BCUT2D eigenvalue weighted by Gasteiger charge is 2.21. The standard InChI is InChI=1S/C28H28N2O4/c31-28(24-8-11-26-27(16-24)34-20-33-26)30(18-22-12-14-29-15-13-22)17-21-6-9-25(10-7-21)32-19-23-4-2-1-3-5-23/h1-2,6-16,23H,3-5,17-20H2/t23-/m1/s1. The summed E-state index contributed by atoms with van der Waals surface area (Å²) in [4.78, 5) is 19.4.